The number of nitrogens with zero attached hydrogens (tertiary/aromatic N) is 2. The first-order chi connectivity index (χ1) is 15.1. The molecule has 0 spiro atoms. The molecule has 0 radical (unpaired) electrons. The molecule has 2 aromatic rings. The Morgan fingerprint density at radius 1 is 1.12 bits per heavy atom. The SMILES string of the molecule is CCOC(=O)c1c(NC(=O)CN2CCN(S(=O)(=O)c3ccc(Cl)cc3)CC2)sc(C)c1C. The van der Waals surface area contributed by atoms with Crippen molar-refractivity contribution in [2.24, 2.45) is 0 Å². The van der Waals surface area contributed by atoms with Crippen LogP contribution in [0.15, 0.2) is 29.2 Å². The van der Waals surface area contributed by atoms with Gasteiger partial charge in [-0.2, -0.15) is 4.31 Å². The molecule has 0 bridgehead atoms. The van der Waals surface area contributed by atoms with Crippen molar-refractivity contribution >= 4 is 49.8 Å². The van der Waals surface area contributed by atoms with Gasteiger partial charge in [0, 0.05) is 36.1 Å². The largest absolute Gasteiger partial charge is 0.462 e. The number of carbonyl (C=O) groups excluding carboxylic acids is 2. The number of aryl methyl sites for hydroxylation is 1. The summed E-state index contributed by atoms with van der Waals surface area (Å²) in [6, 6.07) is 6.08. The number of thiophene rings is 1. The Morgan fingerprint density at radius 3 is 2.34 bits per heavy atom. The molecule has 1 aromatic carbocycles. The molecular formula is C21H26ClN3O5S2. The third-order valence-electron chi connectivity index (χ3n) is 5.27. The quantitative estimate of drug-likeness (QED) is 0.588. The number of hydrogen-bond donors (Lipinski definition) is 1. The zero-order valence-corrected chi connectivity index (χ0v) is 20.6. The van der Waals surface area contributed by atoms with Gasteiger partial charge in [0.1, 0.15) is 5.00 Å². The van der Waals surface area contributed by atoms with Crippen LogP contribution in [-0.4, -0.2) is 68.8 Å². The monoisotopic (exact) mass is 499 g/mol. The number of benzene rings is 1. The fraction of sp³-hybridized carbons (Fsp3) is 0.429. The van der Waals surface area contributed by atoms with Gasteiger partial charge in [0.15, 0.2) is 0 Å². The predicted molar refractivity (Wildman–Crippen MR) is 125 cm³/mol. The second-order valence-electron chi connectivity index (χ2n) is 7.39. The van der Waals surface area contributed by atoms with Crippen LogP contribution in [0.25, 0.3) is 0 Å². The number of amides is 1. The van der Waals surface area contributed by atoms with Gasteiger partial charge in [-0.1, -0.05) is 11.6 Å². The molecule has 11 heteroatoms. The number of nitrogens with one attached hydrogen (secondary N) is 1. The molecule has 1 aromatic heterocycles. The highest BCUT2D eigenvalue weighted by Gasteiger charge is 2.29. The minimum absolute atomic E-state index is 0.104. The summed E-state index contributed by atoms with van der Waals surface area (Å²) in [7, 11) is -3.60. The number of ether oxygens (including phenoxy) is 1. The van der Waals surface area contributed by atoms with Crippen molar-refractivity contribution in [3.05, 3.63) is 45.3 Å². The maximum absolute atomic E-state index is 12.8. The molecule has 32 heavy (non-hydrogen) atoms. The zero-order chi connectivity index (χ0) is 23.5. The van der Waals surface area contributed by atoms with E-state index in [1.54, 1.807) is 19.1 Å². The highest BCUT2D eigenvalue weighted by atomic mass is 35.5. The highest BCUT2D eigenvalue weighted by molar-refractivity contribution is 7.89. The van der Waals surface area contributed by atoms with Crippen LogP contribution in [0.1, 0.15) is 27.7 Å². The smallest absolute Gasteiger partial charge is 0.341 e. The van der Waals surface area contributed by atoms with E-state index in [9.17, 15) is 18.0 Å². The molecule has 1 N–H and O–H groups in total. The van der Waals surface area contributed by atoms with Gasteiger partial charge in [-0.15, -0.1) is 11.3 Å². The van der Waals surface area contributed by atoms with E-state index in [1.807, 2.05) is 18.7 Å². The number of halogens is 1. The molecule has 1 aliphatic rings. The maximum atomic E-state index is 12.8. The molecule has 3 rings (SSSR count). The highest BCUT2D eigenvalue weighted by Crippen LogP contribution is 2.33. The van der Waals surface area contributed by atoms with E-state index in [0.717, 1.165) is 10.4 Å². The van der Waals surface area contributed by atoms with Crippen molar-refractivity contribution < 1.29 is 22.7 Å². The summed E-state index contributed by atoms with van der Waals surface area (Å²) in [5.74, 6) is -0.712. The summed E-state index contributed by atoms with van der Waals surface area (Å²) in [5.41, 5.74) is 1.19. The van der Waals surface area contributed by atoms with E-state index in [0.29, 0.717) is 28.7 Å². The molecule has 174 valence electrons. The van der Waals surface area contributed by atoms with Crippen molar-refractivity contribution in [3.8, 4) is 0 Å². The Morgan fingerprint density at radius 2 is 1.75 bits per heavy atom. The third-order valence-corrected chi connectivity index (χ3v) is 8.56. The van der Waals surface area contributed by atoms with Gasteiger partial charge in [-0.3, -0.25) is 9.69 Å². The first kappa shape index (κ1) is 24.7. The van der Waals surface area contributed by atoms with E-state index in [-0.39, 0.29) is 37.0 Å². The van der Waals surface area contributed by atoms with Crippen molar-refractivity contribution in [3.63, 3.8) is 0 Å². The standard InChI is InChI=1S/C21H26ClN3O5S2/c1-4-30-21(27)19-14(2)15(3)31-20(19)23-18(26)13-24-9-11-25(12-10-24)32(28,29)17-7-5-16(22)6-8-17/h5-8H,4,9-13H2,1-3H3,(H,23,26). The second kappa shape index (κ2) is 10.3. The molecule has 2 heterocycles. The van der Waals surface area contributed by atoms with Crippen LogP contribution >= 0.6 is 22.9 Å². The number of anilines is 1. The van der Waals surface area contributed by atoms with E-state index < -0.39 is 16.0 Å². The summed E-state index contributed by atoms with van der Waals surface area (Å²) < 4.78 is 32.1. The number of esters is 1. The van der Waals surface area contributed by atoms with E-state index >= 15 is 0 Å². The summed E-state index contributed by atoms with van der Waals surface area (Å²) >= 11 is 7.19. The lowest BCUT2D eigenvalue weighted by Gasteiger charge is -2.33. The van der Waals surface area contributed by atoms with Gasteiger partial charge in [0.2, 0.25) is 15.9 Å². The molecule has 1 amide bonds. The average molecular weight is 500 g/mol. The summed E-state index contributed by atoms with van der Waals surface area (Å²) in [6.45, 7) is 7.22. The van der Waals surface area contributed by atoms with E-state index in [2.05, 4.69) is 5.32 Å². The summed E-state index contributed by atoms with van der Waals surface area (Å²) in [6.07, 6.45) is 0. The Bertz CT molecular complexity index is 1090. The van der Waals surface area contributed by atoms with Crippen LogP contribution in [0.4, 0.5) is 5.00 Å². The molecule has 0 unspecified atom stereocenters. The van der Waals surface area contributed by atoms with Gasteiger partial charge in [0.05, 0.1) is 23.6 Å². The molecule has 8 nitrogen and oxygen atoms in total. The van der Waals surface area contributed by atoms with Crippen molar-refractivity contribution in [2.75, 3.05) is 44.6 Å². The Kier molecular flexibility index (Phi) is 7.94. The fourth-order valence-electron chi connectivity index (χ4n) is 3.42. The molecule has 0 atom stereocenters. The molecule has 1 fully saturated rings. The van der Waals surface area contributed by atoms with Gasteiger partial charge in [-0.25, -0.2) is 13.2 Å². The van der Waals surface area contributed by atoms with Crippen LogP contribution in [0.2, 0.25) is 5.02 Å². The van der Waals surface area contributed by atoms with Gasteiger partial charge in [-0.05, 0) is 50.6 Å². The molecule has 0 aliphatic carbocycles. The van der Waals surface area contributed by atoms with Crippen LogP contribution in [0, 0.1) is 13.8 Å². The first-order valence-corrected chi connectivity index (χ1v) is 12.8. The average Bonchev–Trinajstić information content (AvgIpc) is 3.02. The van der Waals surface area contributed by atoms with Crippen molar-refractivity contribution in [1.29, 1.82) is 0 Å². The number of piperazine rings is 1. The first-order valence-electron chi connectivity index (χ1n) is 10.2. The van der Waals surface area contributed by atoms with Crippen LogP contribution < -0.4 is 5.32 Å². The summed E-state index contributed by atoms with van der Waals surface area (Å²) in [5, 5.41) is 3.78. The number of rotatable bonds is 7. The normalized spacial score (nSPS) is 15.5. The molecular weight excluding hydrogens is 474 g/mol. The molecule has 1 saturated heterocycles. The van der Waals surface area contributed by atoms with E-state index in [4.69, 9.17) is 16.3 Å². The number of hydrogen-bond acceptors (Lipinski definition) is 7. The zero-order valence-electron chi connectivity index (χ0n) is 18.2. The van der Waals surface area contributed by atoms with E-state index in [1.165, 1.54) is 27.8 Å². The lowest BCUT2D eigenvalue weighted by atomic mass is 10.1. The molecule has 1 aliphatic heterocycles. The van der Waals surface area contributed by atoms with Gasteiger partial charge < -0.3 is 10.1 Å². The van der Waals surface area contributed by atoms with Gasteiger partial charge >= 0.3 is 5.97 Å². The number of sulfonamides is 1. The third kappa shape index (κ3) is 5.49. The Labute approximate surface area is 197 Å². The van der Waals surface area contributed by atoms with Crippen LogP contribution in [0.5, 0.6) is 0 Å². The Hall–Kier alpha value is -1.98. The number of carbonyl (C=O) groups is 2. The topological polar surface area (TPSA) is 96.0 Å². The van der Waals surface area contributed by atoms with Crippen LogP contribution in [0.3, 0.4) is 0 Å². The minimum atomic E-state index is -3.60. The minimum Gasteiger partial charge on any atom is -0.462 e. The van der Waals surface area contributed by atoms with Crippen molar-refractivity contribution in [2.45, 2.75) is 25.7 Å². The van der Waals surface area contributed by atoms with Crippen molar-refractivity contribution in [1.82, 2.24) is 9.21 Å². The second-order valence-corrected chi connectivity index (χ2v) is 11.0. The lowest BCUT2D eigenvalue weighted by molar-refractivity contribution is -0.117. The molecule has 0 saturated carbocycles. The Balaban J connectivity index is 1.59. The fourth-order valence-corrected chi connectivity index (χ4v) is 6.03. The maximum Gasteiger partial charge on any atom is 0.341 e. The lowest BCUT2D eigenvalue weighted by Crippen LogP contribution is -2.50. The summed E-state index contributed by atoms with van der Waals surface area (Å²) in [4.78, 5) is 27.9. The van der Waals surface area contributed by atoms with Gasteiger partial charge in [0.25, 0.3) is 0 Å². The predicted octanol–water partition coefficient (Wildman–Crippen LogP) is 3.14. The van der Waals surface area contributed by atoms with Crippen LogP contribution in [-0.2, 0) is 19.6 Å².